The van der Waals surface area contributed by atoms with Gasteiger partial charge in [0, 0.05) is 43.3 Å². The van der Waals surface area contributed by atoms with Crippen molar-refractivity contribution in [3.63, 3.8) is 0 Å². The van der Waals surface area contributed by atoms with Crippen molar-refractivity contribution >= 4 is 11.6 Å². The van der Waals surface area contributed by atoms with Crippen LogP contribution in [0.25, 0.3) is 0 Å². The molecule has 2 rings (SSSR count). The second-order valence-corrected chi connectivity index (χ2v) is 5.25. The highest BCUT2D eigenvalue weighted by Crippen LogP contribution is 2.32. The topological polar surface area (TPSA) is 24.5 Å². The average molecular weight is 269 g/mol. The molecule has 1 fully saturated rings. The Morgan fingerprint density at radius 1 is 1.33 bits per heavy atom. The highest BCUT2D eigenvalue weighted by molar-refractivity contribution is 6.31. The molecule has 0 aliphatic carbocycles. The van der Waals surface area contributed by atoms with Gasteiger partial charge in [0.05, 0.1) is 7.11 Å². The minimum absolute atomic E-state index is 0.832. The fraction of sp³-hybridized carbons (Fsp3) is 0.571. The Bertz CT molecular complexity index is 428. The van der Waals surface area contributed by atoms with E-state index in [1.807, 2.05) is 13.0 Å². The molecule has 1 aromatic carbocycles. The van der Waals surface area contributed by atoms with Crippen molar-refractivity contribution in [1.82, 2.24) is 10.2 Å². The van der Waals surface area contributed by atoms with Gasteiger partial charge in [0.15, 0.2) is 0 Å². The van der Waals surface area contributed by atoms with Crippen molar-refractivity contribution in [2.75, 3.05) is 33.3 Å². The molecule has 0 saturated carbocycles. The highest BCUT2D eigenvalue weighted by atomic mass is 35.5. The summed E-state index contributed by atoms with van der Waals surface area (Å²) in [5.74, 6) is 0.982. The first-order chi connectivity index (χ1) is 8.63. The van der Waals surface area contributed by atoms with Crippen molar-refractivity contribution in [2.24, 2.45) is 0 Å². The molecule has 3 nitrogen and oxygen atoms in total. The molecule has 100 valence electrons. The van der Waals surface area contributed by atoms with E-state index in [0.29, 0.717) is 0 Å². The van der Waals surface area contributed by atoms with Gasteiger partial charge < -0.3 is 10.1 Å². The second kappa shape index (κ2) is 5.91. The third-order valence-corrected chi connectivity index (χ3v) is 3.97. The third-order valence-electron chi connectivity index (χ3n) is 3.58. The summed E-state index contributed by atoms with van der Waals surface area (Å²) < 4.78 is 5.55. The predicted molar refractivity (Wildman–Crippen MR) is 75.6 cm³/mol. The SMILES string of the molecule is COc1c(C)cc(Cl)c(C)c1CN1CCNCC1. The van der Waals surface area contributed by atoms with Crippen LogP contribution < -0.4 is 10.1 Å². The maximum atomic E-state index is 6.28. The maximum absolute atomic E-state index is 6.28. The van der Waals surface area contributed by atoms with Crippen LogP contribution in [0.3, 0.4) is 0 Å². The lowest BCUT2D eigenvalue weighted by molar-refractivity contribution is 0.229. The summed E-state index contributed by atoms with van der Waals surface area (Å²) >= 11 is 6.28. The number of benzene rings is 1. The van der Waals surface area contributed by atoms with Crippen LogP contribution in [-0.4, -0.2) is 38.2 Å². The van der Waals surface area contributed by atoms with Crippen LogP contribution in [0.15, 0.2) is 6.07 Å². The molecule has 0 bridgehead atoms. The van der Waals surface area contributed by atoms with E-state index < -0.39 is 0 Å². The van der Waals surface area contributed by atoms with Gasteiger partial charge in [-0.2, -0.15) is 0 Å². The Kier molecular flexibility index (Phi) is 4.49. The lowest BCUT2D eigenvalue weighted by Crippen LogP contribution is -2.43. The van der Waals surface area contributed by atoms with Crippen LogP contribution in [0, 0.1) is 13.8 Å². The Morgan fingerprint density at radius 2 is 2.00 bits per heavy atom. The van der Waals surface area contributed by atoms with E-state index in [9.17, 15) is 0 Å². The molecule has 1 aromatic rings. The van der Waals surface area contributed by atoms with Crippen molar-refractivity contribution in [1.29, 1.82) is 0 Å². The average Bonchev–Trinajstić information content (AvgIpc) is 2.37. The molecule has 0 aromatic heterocycles. The number of nitrogens with zero attached hydrogens (tertiary/aromatic N) is 1. The number of methoxy groups -OCH3 is 1. The van der Waals surface area contributed by atoms with Gasteiger partial charge in [-0.1, -0.05) is 11.6 Å². The molecule has 4 heteroatoms. The summed E-state index contributed by atoms with van der Waals surface area (Å²) in [6, 6.07) is 1.98. The lowest BCUT2D eigenvalue weighted by atomic mass is 10.0. The Labute approximate surface area is 114 Å². The van der Waals surface area contributed by atoms with Gasteiger partial charge >= 0.3 is 0 Å². The molecule has 0 unspecified atom stereocenters. The Morgan fingerprint density at radius 3 is 2.61 bits per heavy atom. The van der Waals surface area contributed by atoms with E-state index >= 15 is 0 Å². The summed E-state index contributed by atoms with van der Waals surface area (Å²) in [5.41, 5.74) is 3.47. The largest absolute Gasteiger partial charge is 0.496 e. The van der Waals surface area contributed by atoms with Crippen LogP contribution in [0.4, 0.5) is 0 Å². The molecular weight excluding hydrogens is 248 g/mol. The minimum atomic E-state index is 0.832. The van der Waals surface area contributed by atoms with E-state index in [2.05, 4.69) is 17.1 Å². The molecule has 18 heavy (non-hydrogen) atoms. The summed E-state index contributed by atoms with van der Waals surface area (Å²) in [6.45, 7) is 9.30. The van der Waals surface area contributed by atoms with Gasteiger partial charge in [-0.05, 0) is 31.0 Å². The fourth-order valence-electron chi connectivity index (χ4n) is 2.48. The fourth-order valence-corrected chi connectivity index (χ4v) is 2.76. The Balaban J connectivity index is 2.29. The van der Waals surface area contributed by atoms with Crippen LogP contribution in [0.5, 0.6) is 5.75 Å². The van der Waals surface area contributed by atoms with Crippen molar-refractivity contribution in [3.05, 3.63) is 27.8 Å². The van der Waals surface area contributed by atoms with E-state index in [-0.39, 0.29) is 0 Å². The third kappa shape index (κ3) is 2.79. The standard InChI is InChI=1S/C14H21ClN2O/c1-10-8-13(15)11(2)12(14(10)18-3)9-17-6-4-16-5-7-17/h8,16H,4-7,9H2,1-3H3. The summed E-state index contributed by atoms with van der Waals surface area (Å²) in [5, 5.41) is 4.20. The summed E-state index contributed by atoms with van der Waals surface area (Å²) in [6.07, 6.45) is 0. The number of hydrogen-bond acceptors (Lipinski definition) is 3. The lowest BCUT2D eigenvalue weighted by Gasteiger charge is -2.29. The van der Waals surface area contributed by atoms with E-state index in [1.165, 1.54) is 5.56 Å². The first-order valence-corrected chi connectivity index (χ1v) is 6.77. The molecule has 1 saturated heterocycles. The maximum Gasteiger partial charge on any atom is 0.126 e. The zero-order chi connectivity index (χ0) is 13.1. The normalized spacial score (nSPS) is 16.9. The van der Waals surface area contributed by atoms with Gasteiger partial charge in [-0.3, -0.25) is 4.90 Å². The first kappa shape index (κ1) is 13.7. The molecule has 1 N–H and O–H groups in total. The zero-order valence-corrected chi connectivity index (χ0v) is 12.1. The van der Waals surface area contributed by atoms with Gasteiger partial charge in [0.25, 0.3) is 0 Å². The number of hydrogen-bond donors (Lipinski definition) is 1. The summed E-state index contributed by atoms with van der Waals surface area (Å²) in [4.78, 5) is 2.44. The molecular formula is C14H21ClN2O. The van der Waals surface area contributed by atoms with Crippen LogP contribution in [-0.2, 0) is 6.54 Å². The molecule has 0 amide bonds. The van der Waals surface area contributed by atoms with Crippen LogP contribution >= 0.6 is 11.6 Å². The van der Waals surface area contributed by atoms with Crippen molar-refractivity contribution in [3.8, 4) is 5.75 Å². The number of aryl methyl sites for hydroxylation is 1. The zero-order valence-electron chi connectivity index (χ0n) is 11.3. The molecule has 1 aliphatic rings. The second-order valence-electron chi connectivity index (χ2n) is 4.84. The molecule has 1 aliphatic heterocycles. The number of nitrogens with one attached hydrogen (secondary N) is 1. The summed E-state index contributed by atoms with van der Waals surface area (Å²) in [7, 11) is 1.73. The quantitative estimate of drug-likeness (QED) is 0.911. The van der Waals surface area contributed by atoms with Gasteiger partial charge in [-0.25, -0.2) is 0 Å². The van der Waals surface area contributed by atoms with Gasteiger partial charge in [-0.15, -0.1) is 0 Å². The van der Waals surface area contributed by atoms with Crippen molar-refractivity contribution in [2.45, 2.75) is 20.4 Å². The number of halogens is 1. The molecule has 1 heterocycles. The number of ether oxygens (including phenoxy) is 1. The number of piperazine rings is 1. The highest BCUT2D eigenvalue weighted by Gasteiger charge is 2.17. The number of rotatable bonds is 3. The van der Waals surface area contributed by atoms with E-state index in [4.69, 9.17) is 16.3 Å². The Hall–Kier alpha value is -0.770. The molecule has 0 atom stereocenters. The monoisotopic (exact) mass is 268 g/mol. The smallest absolute Gasteiger partial charge is 0.126 e. The van der Waals surface area contributed by atoms with E-state index in [0.717, 1.165) is 54.6 Å². The van der Waals surface area contributed by atoms with E-state index in [1.54, 1.807) is 7.11 Å². The first-order valence-electron chi connectivity index (χ1n) is 6.39. The van der Waals surface area contributed by atoms with Gasteiger partial charge in [0.1, 0.15) is 5.75 Å². The minimum Gasteiger partial charge on any atom is -0.496 e. The molecule has 0 radical (unpaired) electrons. The van der Waals surface area contributed by atoms with Crippen molar-refractivity contribution < 1.29 is 4.74 Å². The molecule has 0 spiro atoms. The predicted octanol–water partition coefficient (Wildman–Crippen LogP) is 2.37. The van der Waals surface area contributed by atoms with Crippen LogP contribution in [0.2, 0.25) is 5.02 Å². The van der Waals surface area contributed by atoms with Gasteiger partial charge in [0.2, 0.25) is 0 Å². The van der Waals surface area contributed by atoms with Crippen LogP contribution in [0.1, 0.15) is 16.7 Å².